The molecule has 0 aromatic carbocycles. The van der Waals surface area contributed by atoms with Crippen molar-refractivity contribution >= 4 is 11.9 Å². The molecule has 170 valence electrons. The van der Waals surface area contributed by atoms with Gasteiger partial charge in [-0.1, -0.05) is 31.2 Å². The lowest BCUT2D eigenvalue weighted by molar-refractivity contribution is -0.134. The van der Waals surface area contributed by atoms with Crippen LogP contribution in [0.1, 0.15) is 33.6 Å². The van der Waals surface area contributed by atoms with Crippen LogP contribution in [-0.4, -0.2) is 51.0 Å². The lowest BCUT2D eigenvalue weighted by atomic mass is 10.1. The van der Waals surface area contributed by atoms with Crippen molar-refractivity contribution in [3.8, 4) is 11.3 Å². The standard InChI is InChI=1S/C25H33N5O2/c1-5-7-8-10-19(3)24(32)30-16-9-11-21(30)18-29(6-2)25-27-22(17-23(31)28(25)4)20-12-14-26-15-13-20/h5,7-8,10,12-15,17,19,21H,6,9,11,16,18H2,1-4H3/b7-5-,10-8-/t19?,21-/m1/s1. The molecule has 3 rings (SSSR count). The molecule has 1 saturated heterocycles. The maximum atomic E-state index is 13.1. The molecule has 0 saturated carbocycles. The van der Waals surface area contributed by atoms with E-state index in [1.807, 2.05) is 55.2 Å². The average Bonchev–Trinajstić information content (AvgIpc) is 3.27. The molecule has 1 aliphatic rings. The molecule has 0 bridgehead atoms. The summed E-state index contributed by atoms with van der Waals surface area (Å²) in [4.78, 5) is 38.7. The van der Waals surface area contributed by atoms with E-state index < -0.39 is 0 Å². The van der Waals surface area contributed by atoms with Crippen LogP contribution in [0.4, 0.5) is 5.95 Å². The highest BCUT2D eigenvalue weighted by Crippen LogP contribution is 2.24. The zero-order valence-electron chi connectivity index (χ0n) is 19.4. The van der Waals surface area contributed by atoms with E-state index in [-0.39, 0.29) is 23.4 Å². The van der Waals surface area contributed by atoms with Crippen LogP contribution in [0.5, 0.6) is 0 Å². The van der Waals surface area contributed by atoms with Crippen LogP contribution in [0.3, 0.4) is 0 Å². The second-order valence-electron chi connectivity index (χ2n) is 8.14. The van der Waals surface area contributed by atoms with Crippen molar-refractivity contribution in [2.45, 2.75) is 39.7 Å². The van der Waals surface area contributed by atoms with E-state index in [1.54, 1.807) is 30.1 Å². The number of rotatable bonds is 8. The first-order valence-corrected chi connectivity index (χ1v) is 11.3. The topological polar surface area (TPSA) is 71.3 Å². The van der Waals surface area contributed by atoms with Gasteiger partial charge < -0.3 is 9.80 Å². The van der Waals surface area contributed by atoms with Crippen LogP contribution in [-0.2, 0) is 11.8 Å². The number of likely N-dealkylation sites (tertiary alicyclic amines) is 1. The molecule has 7 heteroatoms. The molecule has 0 radical (unpaired) electrons. The van der Waals surface area contributed by atoms with Gasteiger partial charge in [-0.05, 0) is 38.8 Å². The maximum Gasteiger partial charge on any atom is 0.255 e. The lowest BCUT2D eigenvalue weighted by Gasteiger charge is -2.32. The van der Waals surface area contributed by atoms with E-state index in [2.05, 4.69) is 16.8 Å². The van der Waals surface area contributed by atoms with Crippen LogP contribution in [0.15, 0.2) is 59.7 Å². The van der Waals surface area contributed by atoms with E-state index in [1.165, 1.54) is 0 Å². The molecule has 1 amide bonds. The first-order chi connectivity index (χ1) is 15.5. The molecular formula is C25H33N5O2. The lowest BCUT2D eigenvalue weighted by Crippen LogP contribution is -2.46. The minimum Gasteiger partial charge on any atom is -0.340 e. The van der Waals surface area contributed by atoms with E-state index in [4.69, 9.17) is 4.98 Å². The molecule has 0 spiro atoms. The number of likely N-dealkylation sites (N-methyl/N-ethyl adjacent to an activating group) is 1. The molecule has 2 aromatic rings. The SMILES string of the molecule is C/C=C\C=C/C(C)C(=O)N1CCC[C@@H]1CN(CC)c1nc(-c2ccncc2)cc(=O)n1C. The number of nitrogens with zero attached hydrogens (tertiary/aromatic N) is 5. The third-order valence-electron chi connectivity index (χ3n) is 5.94. The van der Waals surface area contributed by atoms with E-state index >= 15 is 0 Å². The summed E-state index contributed by atoms with van der Waals surface area (Å²) in [5.41, 5.74) is 1.38. The van der Waals surface area contributed by atoms with Gasteiger partial charge in [0.2, 0.25) is 11.9 Å². The summed E-state index contributed by atoms with van der Waals surface area (Å²) in [7, 11) is 1.75. The minimum absolute atomic E-state index is 0.0986. The Kier molecular flexibility index (Phi) is 7.98. The van der Waals surface area contributed by atoms with Crippen molar-refractivity contribution < 1.29 is 4.79 Å². The second kappa shape index (κ2) is 10.9. The van der Waals surface area contributed by atoms with Crippen LogP contribution < -0.4 is 10.5 Å². The third kappa shape index (κ3) is 5.33. The number of pyridine rings is 1. The molecule has 3 heterocycles. The smallest absolute Gasteiger partial charge is 0.255 e. The molecule has 1 aliphatic heterocycles. The van der Waals surface area contributed by atoms with Gasteiger partial charge in [-0.15, -0.1) is 0 Å². The Morgan fingerprint density at radius 3 is 2.75 bits per heavy atom. The van der Waals surface area contributed by atoms with Crippen LogP contribution in [0.25, 0.3) is 11.3 Å². The summed E-state index contributed by atoms with van der Waals surface area (Å²) >= 11 is 0. The number of hydrogen-bond donors (Lipinski definition) is 0. The highest BCUT2D eigenvalue weighted by atomic mass is 16.2. The molecule has 0 N–H and O–H groups in total. The van der Waals surface area contributed by atoms with Crippen molar-refractivity contribution in [2.24, 2.45) is 13.0 Å². The van der Waals surface area contributed by atoms with Crippen molar-refractivity contribution in [3.05, 3.63) is 65.3 Å². The van der Waals surface area contributed by atoms with Gasteiger partial charge in [0.15, 0.2) is 0 Å². The third-order valence-corrected chi connectivity index (χ3v) is 5.94. The number of allylic oxidation sites excluding steroid dienone is 3. The number of hydrogen-bond acceptors (Lipinski definition) is 5. The van der Waals surface area contributed by atoms with Crippen LogP contribution in [0, 0.1) is 5.92 Å². The minimum atomic E-state index is -0.167. The van der Waals surface area contributed by atoms with Gasteiger partial charge in [-0.2, -0.15) is 0 Å². The number of carbonyl (C=O) groups excluding carboxylic acids is 1. The van der Waals surface area contributed by atoms with Gasteiger partial charge in [-0.25, -0.2) is 4.98 Å². The predicted octanol–water partition coefficient (Wildman–Crippen LogP) is 3.43. The summed E-state index contributed by atoms with van der Waals surface area (Å²) in [5.74, 6) is 0.600. The molecule has 0 aliphatic carbocycles. The molecule has 2 aromatic heterocycles. The quantitative estimate of drug-likeness (QED) is 0.594. The van der Waals surface area contributed by atoms with Crippen molar-refractivity contribution in [1.29, 1.82) is 0 Å². The van der Waals surface area contributed by atoms with Gasteiger partial charge >= 0.3 is 0 Å². The molecular weight excluding hydrogens is 402 g/mol. The highest BCUT2D eigenvalue weighted by Gasteiger charge is 2.32. The number of amides is 1. The first kappa shape index (κ1) is 23.4. The highest BCUT2D eigenvalue weighted by molar-refractivity contribution is 5.81. The van der Waals surface area contributed by atoms with Gasteiger partial charge in [0, 0.05) is 56.7 Å². The largest absolute Gasteiger partial charge is 0.340 e. The summed E-state index contributed by atoms with van der Waals surface area (Å²) in [5, 5.41) is 0. The zero-order valence-corrected chi connectivity index (χ0v) is 19.4. The second-order valence-corrected chi connectivity index (χ2v) is 8.14. The maximum absolute atomic E-state index is 13.1. The normalized spacial score (nSPS) is 17.4. The molecule has 7 nitrogen and oxygen atoms in total. The van der Waals surface area contributed by atoms with E-state index in [0.29, 0.717) is 24.7 Å². The summed E-state index contributed by atoms with van der Waals surface area (Å²) in [6, 6.07) is 5.35. The first-order valence-electron chi connectivity index (χ1n) is 11.3. The number of carbonyl (C=O) groups is 1. The fourth-order valence-electron chi connectivity index (χ4n) is 4.09. The average molecular weight is 436 g/mol. The van der Waals surface area contributed by atoms with E-state index in [9.17, 15) is 9.59 Å². The zero-order chi connectivity index (χ0) is 23.1. The Balaban J connectivity index is 1.84. The predicted molar refractivity (Wildman–Crippen MR) is 128 cm³/mol. The fraction of sp³-hybridized carbons (Fsp3) is 0.440. The molecule has 32 heavy (non-hydrogen) atoms. The van der Waals surface area contributed by atoms with Crippen LogP contribution in [0.2, 0.25) is 0 Å². The summed E-state index contributed by atoms with van der Waals surface area (Å²) < 4.78 is 1.58. The Morgan fingerprint density at radius 1 is 1.31 bits per heavy atom. The van der Waals surface area contributed by atoms with Crippen molar-refractivity contribution in [2.75, 3.05) is 24.5 Å². The monoisotopic (exact) mass is 435 g/mol. The van der Waals surface area contributed by atoms with Crippen molar-refractivity contribution in [1.82, 2.24) is 19.4 Å². The van der Waals surface area contributed by atoms with E-state index in [0.717, 1.165) is 24.9 Å². The Bertz CT molecular complexity index is 1030. The Hall–Kier alpha value is -3.22. The Labute approximate surface area is 190 Å². The number of anilines is 1. The molecule has 1 fully saturated rings. The van der Waals surface area contributed by atoms with Gasteiger partial charge in [0.1, 0.15) is 0 Å². The number of aromatic nitrogens is 3. The van der Waals surface area contributed by atoms with Gasteiger partial charge in [0.25, 0.3) is 5.56 Å². The van der Waals surface area contributed by atoms with Gasteiger partial charge in [-0.3, -0.25) is 19.1 Å². The van der Waals surface area contributed by atoms with Crippen molar-refractivity contribution in [3.63, 3.8) is 0 Å². The fourth-order valence-corrected chi connectivity index (χ4v) is 4.09. The summed E-state index contributed by atoms with van der Waals surface area (Å²) in [6.45, 7) is 8.06. The van der Waals surface area contributed by atoms with Gasteiger partial charge in [0.05, 0.1) is 11.6 Å². The molecule has 2 atom stereocenters. The van der Waals surface area contributed by atoms with Crippen LogP contribution >= 0.6 is 0 Å². The molecule has 1 unspecified atom stereocenters. The Morgan fingerprint density at radius 2 is 2.06 bits per heavy atom. The summed E-state index contributed by atoms with van der Waals surface area (Å²) in [6.07, 6.45) is 13.1.